The number of rotatable bonds is 2. The highest BCUT2D eigenvalue weighted by Gasteiger charge is 2.03. The summed E-state index contributed by atoms with van der Waals surface area (Å²) in [6, 6.07) is 8.22. The van der Waals surface area contributed by atoms with Crippen LogP contribution in [0.1, 0.15) is 11.3 Å². The molecule has 0 aliphatic heterocycles. The minimum Gasteiger partial charge on any atom is -0.460 e. The summed E-state index contributed by atoms with van der Waals surface area (Å²) in [5.74, 6) is 0.992. The van der Waals surface area contributed by atoms with Crippen LogP contribution < -0.4 is 5.32 Å². The molecule has 0 fully saturated rings. The van der Waals surface area contributed by atoms with Gasteiger partial charge in [-0.05, 0) is 31.7 Å². The number of benzene rings is 1. The molecular weight excluding hydrogens is 162 g/mol. The molecule has 0 unspecified atom stereocenters. The number of nitrogens with one attached hydrogen (secondary N) is 1. The topological polar surface area (TPSA) is 25.2 Å². The van der Waals surface area contributed by atoms with Crippen molar-refractivity contribution in [1.29, 1.82) is 0 Å². The Morgan fingerprint density at radius 3 is 2.92 bits per heavy atom. The summed E-state index contributed by atoms with van der Waals surface area (Å²) in [5.41, 5.74) is 2.24. The molecule has 2 nitrogen and oxygen atoms in total. The Hall–Kier alpha value is -1.28. The van der Waals surface area contributed by atoms with E-state index in [1.165, 1.54) is 10.9 Å². The van der Waals surface area contributed by atoms with Crippen LogP contribution in [0.5, 0.6) is 0 Å². The lowest BCUT2D eigenvalue weighted by Crippen LogP contribution is -2.03. The predicted octanol–water partition coefficient (Wildman–Crippen LogP) is 2.46. The first-order valence-corrected chi connectivity index (χ1v) is 4.44. The van der Waals surface area contributed by atoms with Crippen molar-refractivity contribution < 1.29 is 4.42 Å². The van der Waals surface area contributed by atoms with Crippen LogP contribution >= 0.6 is 0 Å². The second-order valence-corrected chi connectivity index (χ2v) is 3.23. The Bertz CT molecular complexity index is 417. The summed E-state index contributed by atoms with van der Waals surface area (Å²) in [6.45, 7) is 2.88. The van der Waals surface area contributed by atoms with Crippen LogP contribution in [0.4, 0.5) is 0 Å². The molecule has 1 N–H and O–H groups in total. The predicted molar refractivity (Wildman–Crippen MR) is 53.7 cm³/mol. The lowest BCUT2D eigenvalue weighted by molar-refractivity contribution is 0.531. The van der Waals surface area contributed by atoms with E-state index in [9.17, 15) is 0 Å². The molecule has 0 bridgehead atoms. The minimum absolute atomic E-state index is 0.786. The smallest absolute Gasteiger partial charge is 0.134 e. The van der Waals surface area contributed by atoms with Gasteiger partial charge in [0.25, 0.3) is 0 Å². The molecule has 2 aromatic rings. The van der Waals surface area contributed by atoms with Gasteiger partial charge in [-0.2, -0.15) is 0 Å². The van der Waals surface area contributed by atoms with Gasteiger partial charge in [-0.1, -0.05) is 12.1 Å². The third kappa shape index (κ3) is 1.45. The summed E-state index contributed by atoms with van der Waals surface area (Å²) in [5, 5.41) is 4.29. The third-order valence-corrected chi connectivity index (χ3v) is 2.18. The number of fused-ring (bicyclic) bond motifs is 1. The lowest BCUT2D eigenvalue weighted by Gasteiger charge is -1.91. The molecule has 1 aromatic carbocycles. The molecule has 68 valence electrons. The van der Waals surface area contributed by atoms with Gasteiger partial charge in [0.05, 0.1) is 6.54 Å². The first-order chi connectivity index (χ1) is 6.31. The highest BCUT2D eigenvalue weighted by atomic mass is 16.3. The van der Waals surface area contributed by atoms with E-state index < -0.39 is 0 Å². The molecule has 0 spiro atoms. The Balaban J connectivity index is 2.55. The number of aryl methyl sites for hydroxylation is 1. The van der Waals surface area contributed by atoms with Gasteiger partial charge in [-0.3, -0.25) is 0 Å². The standard InChI is InChI=1S/C11H13NO/c1-8-4-3-5-11-10(8)6-9(13-11)7-12-2/h3-6,12H,7H2,1-2H3. The summed E-state index contributed by atoms with van der Waals surface area (Å²) in [6.07, 6.45) is 0. The Kier molecular flexibility index (Phi) is 2.07. The SMILES string of the molecule is CNCc1cc2c(C)cccc2o1. The van der Waals surface area contributed by atoms with Gasteiger partial charge in [-0.25, -0.2) is 0 Å². The maximum atomic E-state index is 5.63. The van der Waals surface area contributed by atoms with Crippen LogP contribution in [0.3, 0.4) is 0 Å². The normalized spacial score (nSPS) is 10.9. The summed E-state index contributed by atoms with van der Waals surface area (Å²) in [4.78, 5) is 0. The van der Waals surface area contributed by atoms with Crippen molar-refractivity contribution in [1.82, 2.24) is 5.32 Å². The van der Waals surface area contributed by atoms with E-state index >= 15 is 0 Å². The largest absolute Gasteiger partial charge is 0.460 e. The van der Waals surface area contributed by atoms with E-state index in [-0.39, 0.29) is 0 Å². The molecule has 2 heteroatoms. The Morgan fingerprint density at radius 1 is 1.38 bits per heavy atom. The molecule has 0 amide bonds. The molecule has 1 heterocycles. The molecule has 0 aliphatic rings. The Labute approximate surface area is 77.6 Å². The molecule has 13 heavy (non-hydrogen) atoms. The fourth-order valence-corrected chi connectivity index (χ4v) is 1.52. The van der Waals surface area contributed by atoms with Gasteiger partial charge in [0, 0.05) is 5.39 Å². The van der Waals surface area contributed by atoms with E-state index in [0.717, 1.165) is 17.9 Å². The second-order valence-electron chi connectivity index (χ2n) is 3.23. The average molecular weight is 175 g/mol. The monoisotopic (exact) mass is 175 g/mol. The van der Waals surface area contributed by atoms with Gasteiger partial charge in [0.15, 0.2) is 0 Å². The van der Waals surface area contributed by atoms with E-state index in [1.54, 1.807) is 0 Å². The van der Waals surface area contributed by atoms with E-state index in [4.69, 9.17) is 4.42 Å². The summed E-state index contributed by atoms with van der Waals surface area (Å²) < 4.78 is 5.63. The van der Waals surface area contributed by atoms with Crippen molar-refractivity contribution in [2.24, 2.45) is 0 Å². The fourth-order valence-electron chi connectivity index (χ4n) is 1.52. The maximum Gasteiger partial charge on any atom is 0.134 e. The zero-order valence-corrected chi connectivity index (χ0v) is 7.92. The van der Waals surface area contributed by atoms with E-state index in [1.807, 2.05) is 19.2 Å². The van der Waals surface area contributed by atoms with Crippen LogP contribution in [0.15, 0.2) is 28.7 Å². The highest BCUT2D eigenvalue weighted by molar-refractivity contribution is 5.81. The van der Waals surface area contributed by atoms with Crippen molar-refractivity contribution in [3.05, 3.63) is 35.6 Å². The molecule has 2 rings (SSSR count). The van der Waals surface area contributed by atoms with Gasteiger partial charge in [0.1, 0.15) is 11.3 Å². The molecule has 0 aliphatic carbocycles. The van der Waals surface area contributed by atoms with Crippen LogP contribution in [-0.2, 0) is 6.54 Å². The van der Waals surface area contributed by atoms with E-state index in [2.05, 4.69) is 24.4 Å². The molecular formula is C11H13NO. The second kappa shape index (κ2) is 3.23. The first-order valence-electron chi connectivity index (χ1n) is 4.44. The van der Waals surface area contributed by atoms with Gasteiger partial charge in [0.2, 0.25) is 0 Å². The van der Waals surface area contributed by atoms with Crippen LogP contribution in [0.25, 0.3) is 11.0 Å². The van der Waals surface area contributed by atoms with Gasteiger partial charge < -0.3 is 9.73 Å². The van der Waals surface area contributed by atoms with Crippen molar-refractivity contribution in [3.8, 4) is 0 Å². The van der Waals surface area contributed by atoms with Crippen LogP contribution in [-0.4, -0.2) is 7.05 Å². The average Bonchev–Trinajstić information content (AvgIpc) is 2.49. The van der Waals surface area contributed by atoms with Crippen molar-refractivity contribution in [3.63, 3.8) is 0 Å². The number of furan rings is 1. The van der Waals surface area contributed by atoms with Crippen molar-refractivity contribution >= 4 is 11.0 Å². The molecule has 0 radical (unpaired) electrons. The quantitative estimate of drug-likeness (QED) is 0.758. The fraction of sp³-hybridized carbons (Fsp3) is 0.273. The van der Waals surface area contributed by atoms with Crippen LogP contribution in [0, 0.1) is 6.92 Å². The lowest BCUT2D eigenvalue weighted by atomic mass is 10.1. The molecule has 0 saturated carbocycles. The number of hydrogen-bond acceptors (Lipinski definition) is 2. The third-order valence-electron chi connectivity index (χ3n) is 2.18. The summed E-state index contributed by atoms with van der Waals surface area (Å²) in [7, 11) is 1.92. The first kappa shape index (κ1) is 8.32. The maximum absolute atomic E-state index is 5.63. The van der Waals surface area contributed by atoms with E-state index in [0.29, 0.717) is 0 Å². The van der Waals surface area contributed by atoms with Crippen molar-refractivity contribution in [2.45, 2.75) is 13.5 Å². The van der Waals surface area contributed by atoms with Crippen molar-refractivity contribution in [2.75, 3.05) is 7.05 Å². The zero-order chi connectivity index (χ0) is 9.26. The van der Waals surface area contributed by atoms with Gasteiger partial charge in [-0.15, -0.1) is 0 Å². The van der Waals surface area contributed by atoms with Gasteiger partial charge >= 0.3 is 0 Å². The number of hydrogen-bond donors (Lipinski definition) is 1. The molecule has 0 saturated heterocycles. The Morgan fingerprint density at radius 2 is 2.23 bits per heavy atom. The highest BCUT2D eigenvalue weighted by Crippen LogP contribution is 2.22. The summed E-state index contributed by atoms with van der Waals surface area (Å²) >= 11 is 0. The molecule has 0 atom stereocenters. The molecule has 1 aromatic heterocycles. The minimum atomic E-state index is 0.786. The van der Waals surface area contributed by atoms with Crippen LogP contribution in [0.2, 0.25) is 0 Å². The zero-order valence-electron chi connectivity index (χ0n) is 7.92.